The van der Waals surface area contributed by atoms with E-state index in [0.717, 1.165) is 11.1 Å². The molecule has 0 aliphatic carbocycles. The van der Waals surface area contributed by atoms with E-state index in [-0.39, 0.29) is 17.0 Å². The normalized spacial score (nSPS) is 11.3. The van der Waals surface area contributed by atoms with E-state index in [9.17, 15) is 4.79 Å². The Hall–Kier alpha value is -2.88. The van der Waals surface area contributed by atoms with E-state index in [2.05, 4.69) is 43.4 Å². The molecule has 2 aromatic carbocycles. The minimum atomic E-state index is -0.245. The monoisotopic (exact) mass is 334 g/mol. The Morgan fingerprint density at radius 2 is 1.72 bits per heavy atom. The van der Waals surface area contributed by atoms with E-state index in [1.165, 1.54) is 5.56 Å². The van der Waals surface area contributed by atoms with Gasteiger partial charge in [0.1, 0.15) is 0 Å². The average molecular weight is 334 g/mol. The minimum Gasteiger partial charge on any atom is -0.355 e. The number of nitrogens with one attached hydrogen (secondary N) is 1. The van der Waals surface area contributed by atoms with Crippen molar-refractivity contribution in [3.8, 4) is 11.3 Å². The maximum Gasteiger partial charge on any atom is 0.273 e. The zero-order chi connectivity index (χ0) is 17.9. The van der Waals surface area contributed by atoms with Gasteiger partial charge >= 0.3 is 0 Å². The van der Waals surface area contributed by atoms with E-state index in [4.69, 9.17) is 4.52 Å². The molecular formula is C21H22N2O2. The molecule has 25 heavy (non-hydrogen) atoms. The Morgan fingerprint density at radius 1 is 1.04 bits per heavy atom. The second-order valence-electron chi connectivity index (χ2n) is 7.07. The molecule has 4 nitrogen and oxygen atoms in total. The van der Waals surface area contributed by atoms with Gasteiger partial charge in [-0.05, 0) is 16.5 Å². The topological polar surface area (TPSA) is 55.1 Å². The van der Waals surface area contributed by atoms with Crippen LogP contribution >= 0.6 is 0 Å². The number of nitrogens with zero attached hydrogens (tertiary/aromatic N) is 1. The van der Waals surface area contributed by atoms with Gasteiger partial charge in [0.15, 0.2) is 11.5 Å². The quantitative estimate of drug-likeness (QED) is 0.760. The van der Waals surface area contributed by atoms with E-state index in [1.807, 2.05) is 42.5 Å². The third-order valence-electron chi connectivity index (χ3n) is 4.07. The zero-order valence-electron chi connectivity index (χ0n) is 14.7. The van der Waals surface area contributed by atoms with E-state index >= 15 is 0 Å². The molecule has 3 rings (SSSR count). The molecule has 0 saturated heterocycles. The van der Waals surface area contributed by atoms with Gasteiger partial charge < -0.3 is 9.84 Å². The van der Waals surface area contributed by atoms with Crippen LogP contribution in [-0.2, 0) is 12.0 Å². The van der Waals surface area contributed by atoms with Crippen molar-refractivity contribution in [2.45, 2.75) is 32.7 Å². The summed E-state index contributed by atoms with van der Waals surface area (Å²) in [6.07, 6.45) is 0. The van der Waals surface area contributed by atoms with E-state index in [0.29, 0.717) is 12.3 Å². The Morgan fingerprint density at radius 3 is 2.36 bits per heavy atom. The lowest BCUT2D eigenvalue weighted by Gasteiger charge is -2.18. The smallest absolute Gasteiger partial charge is 0.273 e. The fourth-order valence-corrected chi connectivity index (χ4v) is 2.52. The lowest BCUT2D eigenvalue weighted by molar-refractivity contribution is 0.0942. The molecule has 128 valence electrons. The predicted molar refractivity (Wildman–Crippen MR) is 98.3 cm³/mol. The van der Waals surface area contributed by atoms with Crippen molar-refractivity contribution in [3.05, 3.63) is 77.5 Å². The van der Waals surface area contributed by atoms with Crippen LogP contribution in [0.1, 0.15) is 42.4 Å². The lowest BCUT2D eigenvalue weighted by Crippen LogP contribution is -2.22. The summed E-state index contributed by atoms with van der Waals surface area (Å²) in [5, 5.41) is 6.74. The Balaban J connectivity index is 1.68. The Labute approximate surface area is 147 Å². The molecular weight excluding hydrogens is 312 g/mol. The summed E-state index contributed by atoms with van der Waals surface area (Å²) in [5.41, 5.74) is 3.57. The lowest BCUT2D eigenvalue weighted by atomic mass is 9.86. The largest absolute Gasteiger partial charge is 0.355 e. The van der Waals surface area contributed by atoms with Crippen molar-refractivity contribution in [1.29, 1.82) is 0 Å². The zero-order valence-corrected chi connectivity index (χ0v) is 14.7. The molecule has 1 N–H and O–H groups in total. The average Bonchev–Trinajstić information content (AvgIpc) is 3.10. The van der Waals surface area contributed by atoms with Crippen molar-refractivity contribution < 1.29 is 9.32 Å². The first-order valence-electron chi connectivity index (χ1n) is 8.33. The van der Waals surface area contributed by atoms with Crippen LogP contribution in [0.3, 0.4) is 0 Å². The van der Waals surface area contributed by atoms with Crippen molar-refractivity contribution in [2.24, 2.45) is 0 Å². The maximum atomic E-state index is 12.2. The highest BCUT2D eigenvalue weighted by Gasteiger charge is 2.16. The van der Waals surface area contributed by atoms with Gasteiger partial charge in [-0.1, -0.05) is 80.5 Å². The number of carbonyl (C=O) groups excluding carboxylic acids is 1. The van der Waals surface area contributed by atoms with Gasteiger partial charge in [-0.3, -0.25) is 4.79 Å². The van der Waals surface area contributed by atoms with Crippen LogP contribution in [0.25, 0.3) is 11.3 Å². The van der Waals surface area contributed by atoms with Gasteiger partial charge in [0.2, 0.25) is 0 Å². The standard InChI is InChI=1S/C21H22N2O2/c1-21(2,3)17-11-9-16(10-12-17)19-13-18(23-25-19)20(24)22-14-15-7-5-4-6-8-15/h4-13H,14H2,1-3H3,(H,22,24). The van der Waals surface area contributed by atoms with Crippen molar-refractivity contribution in [3.63, 3.8) is 0 Å². The summed E-state index contributed by atoms with van der Waals surface area (Å²) < 4.78 is 5.34. The van der Waals surface area contributed by atoms with Crippen LogP contribution < -0.4 is 5.32 Å². The molecule has 0 saturated carbocycles. The molecule has 1 heterocycles. The Bertz CT molecular complexity index is 844. The van der Waals surface area contributed by atoms with Gasteiger partial charge in [0, 0.05) is 18.2 Å². The maximum absolute atomic E-state index is 12.2. The first-order chi connectivity index (χ1) is 11.9. The van der Waals surface area contributed by atoms with Gasteiger partial charge in [-0.15, -0.1) is 0 Å². The van der Waals surface area contributed by atoms with Crippen LogP contribution in [0.2, 0.25) is 0 Å². The number of carbonyl (C=O) groups is 1. The third-order valence-corrected chi connectivity index (χ3v) is 4.07. The fourth-order valence-electron chi connectivity index (χ4n) is 2.52. The van der Waals surface area contributed by atoms with Crippen LogP contribution in [0, 0.1) is 0 Å². The van der Waals surface area contributed by atoms with E-state index < -0.39 is 0 Å². The summed E-state index contributed by atoms with van der Waals surface area (Å²) in [6.45, 7) is 6.98. The summed E-state index contributed by atoms with van der Waals surface area (Å²) in [6, 6.07) is 19.6. The van der Waals surface area contributed by atoms with Crippen molar-refractivity contribution in [2.75, 3.05) is 0 Å². The number of hydrogen-bond donors (Lipinski definition) is 1. The molecule has 0 atom stereocenters. The number of hydrogen-bond acceptors (Lipinski definition) is 3. The predicted octanol–water partition coefficient (Wildman–Crippen LogP) is 4.57. The summed E-state index contributed by atoms with van der Waals surface area (Å²) in [4.78, 5) is 12.2. The molecule has 0 aliphatic rings. The molecule has 0 unspecified atom stereocenters. The van der Waals surface area contributed by atoms with Crippen molar-refractivity contribution in [1.82, 2.24) is 10.5 Å². The summed E-state index contributed by atoms with van der Waals surface area (Å²) >= 11 is 0. The van der Waals surface area contributed by atoms with Crippen molar-refractivity contribution >= 4 is 5.91 Å². The molecule has 0 bridgehead atoms. The minimum absolute atomic E-state index is 0.0996. The highest BCUT2D eigenvalue weighted by atomic mass is 16.5. The molecule has 1 amide bonds. The number of rotatable bonds is 4. The van der Waals surface area contributed by atoms with E-state index in [1.54, 1.807) is 6.07 Å². The molecule has 0 fully saturated rings. The highest BCUT2D eigenvalue weighted by Crippen LogP contribution is 2.26. The number of amides is 1. The van der Waals surface area contributed by atoms with Gasteiger partial charge in [0.25, 0.3) is 5.91 Å². The van der Waals surface area contributed by atoms with Crippen LogP contribution in [-0.4, -0.2) is 11.1 Å². The third kappa shape index (κ3) is 4.15. The molecule has 0 radical (unpaired) electrons. The SMILES string of the molecule is CC(C)(C)c1ccc(-c2cc(C(=O)NCc3ccccc3)no2)cc1. The molecule has 4 heteroatoms. The molecule has 1 aromatic heterocycles. The van der Waals surface area contributed by atoms with Crippen LogP contribution in [0.4, 0.5) is 0 Å². The molecule has 0 aliphatic heterocycles. The fraction of sp³-hybridized carbons (Fsp3) is 0.238. The summed E-state index contributed by atoms with van der Waals surface area (Å²) in [7, 11) is 0. The number of benzene rings is 2. The molecule has 3 aromatic rings. The second kappa shape index (κ2) is 6.93. The number of aromatic nitrogens is 1. The highest BCUT2D eigenvalue weighted by molar-refractivity contribution is 5.93. The van der Waals surface area contributed by atoms with Gasteiger partial charge in [-0.25, -0.2) is 0 Å². The first kappa shape index (κ1) is 17.0. The van der Waals surface area contributed by atoms with Crippen LogP contribution in [0.15, 0.2) is 65.2 Å². The van der Waals surface area contributed by atoms with Crippen LogP contribution in [0.5, 0.6) is 0 Å². The van der Waals surface area contributed by atoms with Gasteiger partial charge in [0.05, 0.1) is 0 Å². The Kier molecular flexibility index (Phi) is 4.70. The summed E-state index contributed by atoms with van der Waals surface area (Å²) in [5.74, 6) is 0.343. The van der Waals surface area contributed by atoms with Gasteiger partial charge in [-0.2, -0.15) is 0 Å². The molecule has 0 spiro atoms. The first-order valence-corrected chi connectivity index (χ1v) is 8.33. The second-order valence-corrected chi connectivity index (χ2v) is 7.07.